The molecule has 4 heteroatoms. The number of hydrogen-bond acceptors (Lipinski definition) is 3. The molecular weight excluding hydrogens is 282 g/mol. The van der Waals surface area contributed by atoms with E-state index in [0.717, 1.165) is 29.7 Å². The molecule has 0 aliphatic carbocycles. The quantitative estimate of drug-likeness (QED) is 0.871. The highest BCUT2D eigenvalue weighted by atomic mass is 32.2. The zero-order valence-corrected chi connectivity index (χ0v) is 13.2. The summed E-state index contributed by atoms with van der Waals surface area (Å²) in [6.45, 7) is 0.502. The van der Waals surface area contributed by atoms with Crippen molar-refractivity contribution in [3.63, 3.8) is 0 Å². The van der Waals surface area contributed by atoms with Crippen LogP contribution in [0.15, 0.2) is 24.3 Å². The van der Waals surface area contributed by atoms with Gasteiger partial charge in [-0.05, 0) is 36.3 Å². The van der Waals surface area contributed by atoms with Gasteiger partial charge in [-0.3, -0.25) is 4.79 Å². The molecule has 1 atom stereocenters. The third-order valence-electron chi connectivity index (χ3n) is 3.52. The fourth-order valence-corrected chi connectivity index (χ4v) is 3.68. The molecule has 1 N–H and O–H groups in total. The summed E-state index contributed by atoms with van der Waals surface area (Å²) in [5.74, 6) is 6.83. The van der Waals surface area contributed by atoms with Crippen LogP contribution in [-0.4, -0.2) is 40.6 Å². The Labute approximate surface area is 130 Å². The summed E-state index contributed by atoms with van der Waals surface area (Å²) in [4.78, 5) is 14.2. The van der Waals surface area contributed by atoms with Crippen LogP contribution in [-0.2, 0) is 11.3 Å². The number of nitrogens with zero attached hydrogens (tertiary/aromatic N) is 1. The van der Waals surface area contributed by atoms with Crippen LogP contribution in [0.1, 0.15) is 30.4 Å². The second-order valence-corrected chi connectivity index (χ2v) is 6.52. The standard InChI is InChI=1S/C17H21NO2S/c1-18(17(20)16-6-2-3-12-21-16)13-15-9-7-14(8-10-15)5-4-11-19/h7-10,16,19H,2-3,6,11-13H2,1H3. The van der Waals surface area contributed by atoms with Crippen LogP contribution < -0.4 is 0 Å². The van der Waals surface area contributed by atoms with Gasteiger partial charge < -0.3 is 10.0 Å². The molecule has 1 aromatic rings. The van der Waals surface area contributed by atoms with Crippen molar-refractivity contribution in [3.8, 4) is 11.8 Å². The van der Waals surface area contributed by atoms with Gasteiger partial charge in [0.25, 0.3) is 0 Å². The fraction of sp³-hybridized carbons (Fsp3) is 0.471. The van der Waals surface area contributed by atoms with Crippen molar-refractivity contribution in [2.24, 2.45) is 0 Å². The summed E-state index contributed by atoms with van der Waals surface area (Å²) in [5, 5.41) is 8.80. The van der Waals surface area contributed by atoms with E-state index in [9.17, 15) is 4.79 Å². The average molecular weight is 303 g/mol. The molecule has 2 rings (SSSR count). The van der Waals surface area contributed by atoms with Crippen molar-refractivity contribution >= 4 is 17.7 Å². The molecule has 1 aromatic carbocycles. The maximum absolute atomic E-state index is 12.4. The van der Waals surface area contributed by atoms with Crippen molar-refractivity contribution in [2.75, 3.05) is 19.4 Å². The minimum Gasteiger partial charge on any atom is -0.384 e. The largest absolute Gasteiger partial charge is 0.384 e. The van der Waals surface area contributed by atoms with E-state index in [-0.39, 0.29) is 17.8 Å². The Hall–Kier alpha value is -1.44. The predicted molar refractivity (Wildman–Crippen MR) is 87.0 cm³/mol. The molecule has 1 heterocycles. The SMILES string of the molecule is CN(Cc1ccc(C#CCO)cc1)C(=O)C1CCCCS1. The van der Waals surface area contributed by atoms with E-state index in [0.29, 0.717) is 6.54 Å². The number of hydrogen-bond donors (Lipinski definition) is 1. The zero-order chi connectivity index (χ0) is 15.1. The van der Waals surface area contributed by atoms with Gasteiger partial charge in [-0.25, -0.2) is 0 Å². The maximum atomic E-state index is 12.4. The molecule has 0 radical (unpaired) electrons. The van der Waals surface area contributed by atoms with Crippen LogP contribution in [0.25, 0.3) is 0 Å². The molecule has 1 aliphatic rings. The van der Waals surface area contributed by atoms with Crippen LogP contribution in [0.3, 0.4) is 0 Å². The fourth-order valence-electron chi connectivity index (χ4n) is 2.37. The summed E-state index contributed by atoms with van der Waals surface area (Å²) >= 11 is 1.79. The molecule has 112 valence electrons. The second kappa shape index (κ2) is 8.11. The van der Waals surface area contributed by atoms with Gasteiger partial charge in [-0.2, -0.15) is 0 Å². The van der Waals surface area contributed by atoms with E-state index in [1.807, 2.05) is 36.2 Å². The Kier molecular flexibility index (Phi) is 6.16. The van der Waals surface area contributed by atoms with E-state index in [2.05, 4.69) is 11.8 Å². The maximum Gasteiger partial charge on any atom is 0.235 e. The lowest BCUT2D eigenvalue weighted by molar-refractivity contribution is -0.130. The first-order chi connectivity index (χ1) is 10.2. The van der Waals surface area contributed by atoms with Gasteiger partial charge in [-0.15, -0.1) is 11.8 Å². The highest BCUT2D eigenvalue weighted by molar-refractivity contribution is 8.00. The second-order valence-electron chi connectivity index (χ2n) is 5.21. The van der Waals surface area contributed by atoms with E-state index in [1.54, 1.807) is 11.8 Å². The minimum absolute atomic E-state index is 0.127. The van der Waals surface area contributed by atoms with Crippen LogP contribution in [0.2, 0.25) is 0 Å². The summed E-state index contributed by atoms with van der Waals surface area (Å²) in [6, 6.07) is 7.82. The smallest absolute Gasteiger partial charge is 0.235 e. The number of amides is 1. The van der Waals surface area contributed by atoms with E-state index >= 15 is 0 Å². The van der Waals surface area contributed by atoms with Crippen molar-refractivity contribution in [3.05, 3.63) is 35.4 Å². The molecule has 1 saturated heterocycles. The summed E-state index contributed by atoms with van der Waals surface area (Å²) < 4.78 is 0. The van der Waals surface area contributed by atoms with Gasteiger partial charge in [0.1, 0.15) is 6.61 Å². The number of benzene rings is 1. The molecule has 1 unspecified atom stereocenters. The summed E-state index contributed by atoms with van der Waals surface area (Å²) in [7, 11) is 1.87. The van der Waals surface area contributed by atoms with Crippen LogP contribution >= 0.6 is 11.8 Å². The Balaban J connectivity index is 1.92. The number of carbonyl (C=O) groups is 1. The lowest BCUT2D eigenvalue weighted by Crippen LogP contribution is -2.35. The lowest BCUT2D eigenvalue weighted by atomic mass is 10.1. The lowest BCUT2D eigenvalue weighted by Gasteiger charge is -2.26. The van der Waals surface area contributed by atoms with Crippen molar-refractivity contribution in [1.29, 1.82) is 0 Å². The number of aliphatic hydroxyl groups is 1. The molecule has 0 spiro atoms. The van der Waals surface area contributed by atoms with Gasteiger partial charge in [-0.1, -0.05) is 30.4 Å². The predicted octanol–water partition coefficient (Wildman–Crippen LogP) is 2.27. The van der Waals surface area contributed by atoms with Crippen LogP contribution in [0.4, 0.5) is 0 Å². The summed E-state index contributed by atoms with van der Waals surface area (Å²) in [6.07, 6.45) is 3.40. The molecule has 21 heavy (non-hydrogen) atoms. The van der Waals surface area contributed by atoms with Crippen molar-refractivity contribution in [2.45, 2.75) is 31.1 Å². The van der Waals surface area contributed by atoms with Crippen molar-refractivity contribution < 1.29 is 9.90 Å². The van der Waals surface area contributed by atoms with Gasteiger partial charge in [0.2, 0.25) is 5.91 Å². The molecule has 3 nitrogen and oxygen atoms in total. The number of carbonyl (C=O) groups excluding carboxylic acids is 1. The van der Waals surface area contributed by atoms with Crippen LogP contribution in [0, 0.1) is 11.8 Å². The molecular formula is C17H21NO2S. The van der Waals surface area contributed by atoms with E-state index in [4.69, 9.17) is 5.11 Å². The average Bonchev–Trinajstić information content (AvgIpc) is 2.54. The number of thioether (sulfide) groups is 1. The first-order valence-electron chi connectivity index (χ1n) is 7.26. The Morgan fingerprint density at radius 2 is 2.14 bits per heavy atom. The molecule has 1 fully saturated rings. The molecule has 0 bridgehead atoms. The van der Waals surface area contributed by atoms with E-state index in [1.165, 1.54) is 6.42 Å². The van der Waals surface area contributed by atoms with Gasteiger partial charge in [0, 0.05) is 19.2 Å². The highest BCUT2D eigenvalue weighted by Gasteiger charge is 2.24. The third kappa shape index (κ3) is 4.80. The first kappa shape index (κ1) is 15.9. The topological polar surface area (TPSA) is 40.5 Å². The van der Waals surface area contributed by atoms with Crippen LogP contribution in [0.5, 0.6) is 0 Å². The zero-order valence-electron chi connectivity index (χ0n) is 12.3. The Morgan fingerprint density at radius 3 is 2.76 bits per heavy atom. The normalized spacial score (nSPS) is 17.7. The van der Waals surface area contributed by atoms with Gasteiger partial charge in [0.05, 0.1) is 5.25 Å². The molecule has 1 aliphatic heterocycles. The minimum atomic E-state index is -0.127. The number of rotatable bonds is 3. The Bertz CT molecular complexity index is 524. The number of aliphatic hydroxyl groups excluding tert-OH is 1. The van der Waals surface area contributed by atoms with Gasteiger partial charge in [0.15, 0.2) is 0 Å². The van der Waals surface area contributed by atoms with Gasteiger partial charge >= 0.3 is 0 Å². The van der Waals surface area contributed by atoms with E-state index < -0.39 is 0 Å². The summed E-state index contributed by atoms with van der Waals surface area (Å²) in [5.41, 5.74) is 1.98. The Morgan fingerprint density at radius 1 is 1.38 bits per heavy atom. The molecule has 0 aromatic heterocycles. The van der Waals surface area contributed by atoms with Crippen molar-refractivity contribution in [1.82, 2.24) is 4.90 Å². The first-order valence-corrected chi connectivity index (χ1v) is 8.31. The highest BCUT2D eigenvalue weighted by Crippen LogP contribution is 2.26. The third-order valence-corrected chi connectivity index (χ3v) is 4.88. The monoisotopic (exact) mass is 303 g/mol. The molecule has 0 saturated carbocycles. The molecule has 1 amide bonds.